The predicted octanol–water partition coefficient (Wildman–Crippen LogP) is 0.974. The number of amides is 1. The molecule has 2 rings (SSSR count). The monoisotopic (exact) mass is 263 g/mol. The average molecular weight is 263 g/mol. The molecule has 0 spiro atoms. The van der Waals surface area contributed by atoms with Gasteiger partial charge in [0.15, 0.2) is 0 Å². The van der Waals surface area contributed by atoms with E-state index in [-0.39, 0.29) is 17.3 Å². The van der Waals surface area contributed by atoms with E-state index in [0.29, 0.717) is 5.69 Å². The van der Waals surface area contributed by atoms with E-state index in [1.54, 1.807) is 0 Å². The van der Waals surface area contributed by atoms with Gasteiger partial charge in [0.05, 0.1) is 23.8 Å². The molecule has 0 saturated carbocycles. The quantitative estimate of drug-likeness (QED) is 0.625. The summed E-state index contributed by atoms with van der Waals surface area (Å²) in [5, 5.41) is 19.1. The Bertz CT molecular complexity index is 610. The number of non-ortho nitro benzene ring substituents is 1. The lowest BCUT2D eigenvalue weighted by Crippen LogP contribution is -2.14. The maximum atomic E-state index is 11.7. The number of carbonyl (C=O) groups is 1. The minimum Gasteiger partial charge on any atom is -0.494 e. The Morgan fingerprint density at radius 3 is 2.89 bits per heavy atom. The van der Waals surface area contributed by atoms with Crippen LogP contribution in [0.3, 0.4) is 0 Å². The van der Waals surface area contributed by atoms with Crippen molar-refractivity contribution >= 4 is 17.3 Å². The molecule has 1 heterocycles. The molecular formula is C10H9N5O4. The molecule has 0 aliphatic carbocycles. The van der Waals surface area contributed by atoms with E-state index in [9.17, 15) is 14.9 Å². The zero-order valence-corrected chi connectivity index (χ0v) is 9.78. The Labute approximate surface area is 106 Å². The lowest BCUT2D eigenvalue weighted by molar-refractivity contribution is -0.384. The van der Waals surface area contributed by atoms with E-state index in [1.807, 2.05) is 0 Å². The minimum atomic E-state index is -0.551. The van der Waals surface area contributed by atoms with Crippen molar-refractivity contribution in [3.63, 3.8) is 0 Å². The molecule has 0 aliphatic rings. The first-order chi connectivity index (χ1) is 9.11. The number of benzene rings is 1. The van der Waals surface area contributed by atoms with Gasteiger partial charge in [-0.1, -0.05) is 0 Å². The summed E-state index contributed by atoms with van der Waals surface area (Å²) in [6.45, 7) is 0. The number of hydrogen-bond donors (Lipinski definition) is 2. The van der Waals surface area contributed by atoms with Crippen LogP contribution in [-0.4, -0.2) is 33.1 Å². The van der Waals surface area contributed by atoms with E-state index in [1.165, 1.54) is 31.6 Å². The first-order valence-electron chi connectivity index (χ1n) is 5.11. The summed E-state index contributed by atoms with van der Waals surface area (Å²) in [6.07, 6.45) is 1.20. The predicted molar refractivity (Wildman–Crippen MR) is 64.0 cm³/mol. The van der Waals surface area contributed by atoms with Crippen LogP contribution < -0.4 is 10.1 Å². The summed E-state index contributed by atoms with van der Waals surface area (Å²) in [5.74, 6) is -0.313. The highest BCUT2D eigenvalue weighted by Gasteiger charge is 2.15. The molecular weight excluding hydrogens is 254 g/mol. The third-order valence-electron chi connectivity index (χ3n) is 2.27. The summed E-state index contributed by atoms with van der Waals surface area (Å²) in [5.41, 5.74) is 0.170. The molecule has 9 nitrogen and oxygen atoms in total. The van der Waals surface area contributed by atoms with E-state index in [2.05, 4.69) is 20.5 Å². The van der Waals surface area contributed by atoms with Gasteiger partial charge in [0.2, 0.25) is 5.82 Å². The number of carbonyl (C=O) groups excluding carboxylic acids is 1. The standard InChI is InChI=1S/C10H9N5O4/c1-19-8-4-6(15(17)18)2-3-7(8)13-10(16)9-11-5-12-14-9/h2-5H,1H3,(H,13,16)(H,11,12,14). The second kappa shape index (κ2) is 5.12. The van der Waals surface area contributed by atoms with Crippen LogP contribution in [0.2, 0.25) is 0 Å². The van der Waals surface area contributed by atoms with Gasteiger partial charge in [0.25, 0.3) is 11.6 Å². The molecule has 2 N–H and O–H groups in total. The molecule has 0 fully saturated rings. The maximum absolute atomic E-state index is 11.7. The summed E-state index contributed by atoms with van der Waals surface area (Å²) >= 11 is 0. The Morgan fingerprint density at radius 1 is 1.53 bits per heavy atom. The lowest BCUT2D eigenvalue weighted by atomic mass is 10.2. The van der Waals surface area contributed by atoms with Crippen molar-refractivity contribution in [1.82, 2.24) is 15.2 Å². The highest BCUT2D eigenvalue weighted by Crippen LogP contribution is 2.29. The Hall–Kier alpha value is -2.97. The van der Waals surface area contributed by atoms with Gasteiger partial charge in [0, 0.05) is 6.07 Å². The van der Waals surface area contributed by atoms with E-state index in [0.717, 1.165) is 0 Å². The molecule has 0 bridgehead atoms. The zero-order chi connectivity index (χ0) is 13.8. The number of hydrogen-bond acceptors (Lipinski definition) is 6. The van der Waals surface area contributed by atoms with Gasteiger partial charge < -0.3 is 10.1 Å². The van der Waals surface area contributed by atoms with Gasteiger partial charge in [-0.15, -0.1) is 0 Å². The molecule has 19 heavy (non-hydrogen) atoms. The third kappa shape index (κ3) is 2.65. The molecule has 1 aromatic heterocycles. The molecule has 1 aromatic carbocycles. The van der Waals surface area contributed by atoms with Crippen LogP contribution in [-0.2, 0) is 0 Å². The molecule has 2 aromatic rings. The fourth-order valence-corrected chi connectivity index (χ4v) is 1.39. The molecule has 9 heteroatoms. The van der Waals surface area contributed by atoms with Gasteiger partial charge in [-0.2, -0.15) is 5.10 Å². The second-order valence-electron chi connectivity index (χ2n) is 3.43. The second-order valence-corrected chi connectivity index (χ2v) is 3.43. The normalized spacial score (nSPS) is 9.95. The van der Waals surface area contributed by atoms with Crippen LogP contribution in [0.5, 0.6) is 5.75 Å². The number of nitro groups is 1. The molecule has 98 valence electrons. The fraction of sp³-hybridized carbons (Fsp3) is 0.100. The molecule has 0 unspecified atom stereocenters. The summed E-state index contributed by atoms with van der Waals surface area (Å²) < 4.78 is 4.99. The van der Waals surface area contributed by atoms with Gasteiger partial charge >= 0.3 is 0 Å². The molecule has 0 aliphatic heterocycles. The molecule has 1 amide bonds. The number of aromatic nitrogens is 3. The number of anilines is 1. The lowest BCUT2D eigenvalue weighted by Gasteiger charge is -2.08. The number of methoxy groups -OCH3 is 1. The highest BCUT2D eigenvalue weighted by molar-refractivity contribution is 6.02. The number of ether oxygens (including phenoxy) is 1. The van der Waals surface area contributed by atoms with Crippen molar-refractivity contribution in [2.45, 2.75) is 0 Å². The number of nitro benzene ring substituents is 1. The van der Waals surface area contributed by atoms with E-state index in [4.69, 9.17) is 4.74 Å². The largest absolute Gasteiger partial charge is 0.494 e. The van der Waals surface area contributed by atoms with Crippen molar-refractivity contribution in [1.29, 1.82) is 0 Å². The number of nitrogens with one attached hydrogen (secondary N) is 2. The van der Waals surface area contributed by atoms with Crippen LogP contribution in [0.15, 0.2) is 24.5 Å². The number of rotatable bonds is 4. The van der Waals surface area contributed by atoms with Crippen molar-refractivity contribution in [3.8, 4) is 5.75 Å². The van der Waals surface area contributed by atoms with Crippen molar-refractivity contribution in [3.05, 3.63) is 40.5 Å². The van der Waals surface area contributed by atoms with Crippen molar-refractivity contribution in [2.24, 2.45) is 0 Å². The summed E-state index contributed by atoms with van der Waals surface area (Å²) in [6, 6.07) is 3.86. The summed E-state index contributed by atoms with van der Waals surface area (Å²) in [4.78, 5) is 25.5. The zero-order valence-electron chi connectivity index (χ0n) is 9.78. The maximum Gasteiger partial charge on any atom is 0.293 e. The smallest absolute Gasteiger partial charge is 0.293 e. The number of aromatic amines is 1. The van der Waals surface area contributed by atoms with Gasteiger partial charge in [-0.25, -0.2) is 4.98 Å². The third-order valence-corrected chi connectivity index (χ3v) is 2.27. The number of H-pyrrole nitrogens is 1. The van der Waals surface area contributed by atoms with E-state index >= 15 is 0 Å². The highest BCUT2D eigenvalue weighted by atomic mass is 16.6. The topological polar surface area (TPSA) is 123 Å². The van der Waals surface area contributed by atoms with Crippen LogP contribution in [0, 0.1) is 10.1 Å². The number of nitrogens with zero attached hydrogens (tertiary/aromatic N) is 3. The minimum absolute atomic E-state index is 0.0282. The van der Waals surface area contributed by atoms with Crippen LogP contribution in [0.1, 0.15) is 10.6 Å². The fourth-order valence-electron chi connectivity index (χ4n) is 1.39. The molecule has 0 radical (unpaired) electrons. The van der Waals surface area contributed by atoms with Crippen molar-refractivity contribution in [2.75, 3.05) is 12.4 Å². The Kier molecular flexibility index (Phi) is 3.37. The molecule has 0 atom stereocenters. The van der Waals surface area contributed by atoms with Crippen molar-refractivity contribution < 1.29 is 14.5 Å². The molecule has 0 saturated heterocycles. The summed E-state index contributed by atoms with van der Waals surface area (Å²) in [7, 11) is 1.35. The first kappa shape index (κ1) is 12.5. The van der Waals surface area contributed by atoms with Crippen LogP contribution in [0.4, 0.5) is 11.4 Å². The Morgan fingerprint density at radius 2 is 2.32 bits per heavy atom. The van der Waals surface area contributed by atoms with Crippen LogP contribution >= 0.6 is 0 Å². The Balaban J connectivity index is 2.25. The SMILES string of the molecule is COc1cc([N+](=O)[O-])ccc1NC(=O)c1ncn[nH]1. The van der Waals surface area contributed by atoms with Gasteiger partial charge in [0.1, 0.15) is 12.1 Å². The van der Waals surface area contributed by atoms with Crippen LogP contribution in [0.25, 0.3) is 0 Å². The average Bonchev–Trinajstić information content (AvgIpc) is 2.92. The first-order valence-corrected chi connectivity index (χ1v) is 5.11. The van der Waals surface area contributed by atoms with Gasteiger partial charge in [-0.05, 0) is 6.07 Å². The van der Waals surface area contributed by atoms with E-state index < -0.39 is 10.8 Å². The van der Waals surface area contributed by atoms with Gasteiger partial charge in [-0.3, -0.25) is 20.0 Å².